The number of nitrogens with one attached hydrogen (secondary N) is 2. The fraction of sp³-hybridized carbons (Fsp3) is 0.714. The molecule has 0 fully saturated rings. The van der Waals surface area contributed by atoms with E-state index in [1.807, 2.05) is 20.8 Å². The lowest BCUT2D eigenvalue weighted by Gasteiger charge is -2.13. The number of hydrogen-bond donors (Lipinski definition) is 2. The zero-order chi connectivity index (χ0) is 15.9. The second-order valence-corrected chi connectivity index (χ2v) is 5.22. The Labute approximate surface area is 123 Å². The number of halogens is 3. The van der Waals surface area contributed by atoms with Crippen molar-refractivity contribution < 1.29 is 13.2 Å². The van der Waals surface area contributed by atoms with Crippen molar-refractivity contribution >= 4 is 11.6 Å². The first kappa shape index (κ1) is 17.5. The lowest BCUT2D eigenvalue weighted by Crippen LogP contribution is -2.13. The lowest BCUT2D eigenvalue weighted by atomic mass is 10.2. The average Bonchev–Trinajstić information content (AvgIpc) is 2.40. The second kappa shape index (κ2) is 8.05. The summed E-state index contributed by atoms with van der Waals surface area (Å²) in [6.45, 7) is 7.04. The number of nitrogens with zero attached hydrogens (tertiary/aromatic N) is 2. The molecule has 0 spiro atoms. The number of aromatic nitrogens is 2. The highest BCUT2D eigenvalue weighted by atomic mass is 19.4. The molecule has 0 bridgehead atoms. The fourth-order valence-corrected chi connectivity index (χ4v) is 1.66. The van der Waals surface area contributed by atoms with Crippen molar-refractivity contribution in [2.45, 2.75) is 52.1 Å². The summed E-state index contributed by atoms with van der Waals surface area (Å²) in [4.78, 5) is 8.73. The maximum atomic E-state index is 12.1. The van der Waals surface area contributed by atoms with Crippen LogP contribution in [0.2, 0.25) is 0 Å². The van der Waals surface area contributed by atoms with Crippen LogP contribution in [0.4, 0.5) is 24.8 Å². The molecule has 1 aromatic heterocycles. The van der Waals surface area contributed by atoms with Gasteiger partial charge in [0.2, 0.25) is 0 Å². The van der Waals surface area contributed by atoms with Crippen molar-refractivity contribution in [3.05, 3.63) is 11.9 Å². The largest absolute Gasteiger partial charge is 0.389 e. The molecule has 120 valence electrons. The minimum absolute atomic E-state index is 0.0300. The molecule has 0 aliphatic carbocycles. The minimum atomic E-state index is -4.11. The van der Waals surface area contributed by atoms with Crippen LogP contribution in [0.25, 0.3) is 0 Å². The molecule has 0 unspecified atom stereocenters. The zero-order valence-electron chi connectivity index (χ0n) is 12.7. The third-order valence-electron chi connectivity index (χ3n) is 2.76. The van der Waals surface area contributed by atoms with Gasteiger partial charge in [-0.1, -0.05) is 20.8 Å². The minimum Gasteiger partial charge on any atom is -0.370 e. The van der Waals surface area contributed by atoms with Crippen LogP contribution in [0.15, 0.2) is 6.07 Å². The van der Waals surface area contributed by atoms with Gasteiger partial charge in [0.1, 0.15) is 17.5 Å². The van der Waals surface area contributed by atoms with E-state index in [9.17, 15) is 13.2 Å². The van der Waals surface area contributed by atoms with Gasteiger partial charge in [-0.3, -0.25) is 0 Å². The van der Waals surface area contributed by atoms with Crippen molar-refractivity contribution in [2.24, 2.45) is 0 Å². The maximum Gasteiger partial charge on any atom is 0.389 e. The number of hydrogen-bond acceptors (Lipinski definition) is 4. The van der Waals surface area contributed by atoms with Crippen LogP contribution in [0.3, 0.4) is 0 Å². The number of anilines is 2. The summed E-state index contributed by atoms with van der Waals surface area (Å²) in [5.74, 6) is 2.10. The Morgan fingerprint density at radius 1 is 1.10 bits per heavy atom. The summed E-state index contributed by atoms with van der Waals surface area (Å²) in [6, 6.07) is 1.73. The molecule has 0 aromatic carbocycles. The molecule has 0 radical (unpaired) electrons. The summed E-state index contributed by atoms with van der Waals surface area (Å²) in [5.41, 5.74) is 0. The van der Waals surface area contributed by atoms with Crippen LogP contribution in [0.1, 0.15) is 51.8 Å². The molecule has 0 amide bonds. The molecule has 21 heavy (non-hydrogen) atoms. The first-order valence-corrected chi connectivity index (χ1v) is 7.25. The van der Waals surface area contributed by atoms with Crippen molar-refractivity contribution in [3.63, 3.8) is 0 Å². The van der Waals surface area contributed by atoms with Crippen LogP contribution < -0.4 is 10.6 Å². The van der Waals surface area contributed by atoms with Gasteiger partial charge < -0.3 is 10.6 Å². The number of alkyl halides is 3. The van der Waals surface area contributed by atoms with Gasteiger partial charge in [-0.25, -0.2) is 9.97 Å². The van der Waals surface area contributed by atoms with Gasteiger partial charge >= 0.3 is 6.18 Å². The van der Waals surface area contributed by atoms with Gasteiger partial charge in [0.25, 0.3) is 0 Å². The Morgan fingerprint density at radius 3 is 2.14 bits per heavy atom. The Balaban J connectivity index is 2.64. The number of rotatable bonds is 8. The van der Waals surface area contributed by atoms with Gasteiger partial charge in [0.15, 0.2) is 0 Å². The average molecular weight is 304 g/mol. The Bertz CT molecular complexity index is 433. The highest BCUT2D eigenvalue weighted by Crippen LogP contribution is 2.21. The molecule has 0 saturated carbocycles. The molecule has 1 aromatic rings. The highest BCUT2D eigenvalue weighted by molar-refractivity contribution is 5.47. The van der Waals surface area contributed by atoms with E-state index in [4.69, 9.17) is 0 Å². The Kier molecular flexibility index (Phi) is 6.71. The quantitative estimate of drug-likeness (QED) is 0.708. The van der Waals surface area contributed by atoms with Gasteiger partial charge in [0.05, 0.1) is 0 Å². The normalized spacial score (nSPS) is 11.8. The summed E-state index contributed by atoms with van der Waals surface area (Å²) < 4.78 is 36.3. The summed E-state index contributed by atoms with van der Waals surface area (Å²) in [7, 11) is 0. The van der Waals surface area contributed by atoms with Crippen LogP contribution in [-0.4, -0.2) is 29.2 Å². The van der Waals surface area contributed by atoms with Gasteiger partial charge in [-0.15, -0.1) is 0 Å². The zero-order valence-corrected chi connectivity index (χ0v) is 12.7. The highest BCUT2D eigenvalue weighted by Gasteiger charge is 2.25. The topological polar surface area (TPSA) is 49.8 Å². The molecule has 2 N–H and O–H groups in total. The van der Waals surface area contributed by atoms with Crippen LogP contribution in [-0.2, 0) is 0 Å². The molecular weight excluding hydrogens is 281 g/mol. The van der Waals surface area contributed by atoms with E-state index in [0.29, 0.717) is 17.5 Å². The van der Waals surface area contributed by atoms with Crippen molar-refractivity contribution in [3.8, 4) is 0 Å². The van der Waals surface area contributed by atoms with Crippen molar-refractivity contribution in [2.75, 3.05) is 23.7 Å². The fourth-order valence-electron chi connectivity index (χ4n) is 1.66. The molecule has 1 rings (SSSR count). The predicted octanol–water partition coefficient (Wildman–Crippen LogP) is 4.18. The Hall–Kier alpha value is -1.53. The van der Waals surface area contributed by atoms with E-state index in [1.165, 1.54) is 0 Å². The maximum absolute atomic E-state index is 12.1. The summed E-state index contributed by atoms with van der Waals surface area (Å²) in [5, 5.41) is 6.11. The van der Waals surface area contributed by atoms with Crippen LogP contribution in [0, 0.1) is 0 Å². The van der Waals surface area contributed by atoms with Gasteiger partial charge in [0, 0.05) is 31.5 Å². The van der Waals surface area contributed by atoms with E-state index in [0.717, 1.165) is 13.0 Å². The van der Waals surface area contributed by atoms with Crippen molar-refractivity contribution in [1.82, 2.24) is 9.97 Å². The van der Waals surface area contributed by atoms with E-state index in [-0.39, 0.29) is 18.9 Å². The smallest absolute Gasteiger partial charge is 0.370 e. The van der Waals surface area contributed by atoms with E-state index >= 15 is 0 Å². The molecule has 0 atom stereocenters. The standard InChI is InChI=1S/C14H23F3N4/c1-4-7-18-11-9-12(21-13(20-11)10(2)3)19-8-5-6-14(15,16)17/h9-10H,4-8H2,1-3H3,(H2,18,19,20,21). The molecule has 1 heterocycles. The second-order valence-electron chi connectivity index (χ2n) is 5.22. The Morgan fingerprint density at radius 2 is 1.67 bits per heavy atom. The van der Waals surface area contributed by atoms with Gasteiger partial charge in [-0.05, 0) is 12.8 Å². The van der Waals surface area contributed by atoms with Crippen LogP contribution >= 0.6 is 0 Å². The van der Waals surface area contributed by atoms with E-state index < -0.39 is 12.6 Å². The summed E-state index contributed by atoms with van der Waals surface area (Å²) in [6.07, 6.45) is -3.90. The third-order valence-corrected chi connectivity index (χ3v) is 2.76. The SMILES string of the molecule is CCCNc1cc(NCCCC(F)(F)F)nc(C(C)C)n1. The molecule has 7 heteroatoms. The van der Waals surface area contributed by atoms with Crippen molar-refractivity contribution in [1.29, 1.82) is 0 Å². The molecule has 0 aliphatic rings. The monoisotopic (exact) mass is 304 g/mol. The molecule has 4 nitrogen and oxygen atoms in total. The first-order chi connectivity index (χ1) is 9.81. The molecular formula is C14H23F3N4. The first-order valence-electron chi connectivity index (χ1n) is 7.25. The van der Waals surface area contributed by atoms with Gasteiger partial charge in [-0.2, -0.15) is 13.2 Å². The molecule has 0 saturated heterocycles. The van der Waals surface area contributed by atoms with E-state index in [1.54, 1.807) is 6.07 Å². The molecule has 0 aliphatic heterocycles. The van der Waals surface area contributed by atoms with E-state index in [2.05, 4.69) is 20.6 Å². The lowest BCUT2D eigenvalue weighted by molar-refractivity contribution is -0.134. The van der Waals surface area contributed by atoms with Crippen LogP contribution in [0.5, 0.6) is 0 Å². The predicted molar refractivity (Wildman–Crippen MR) is 78.7 cm³/mol. The third kappa shape index (κ3) is 7.15. The summed E-state index contributed by atoms with van der Waals surface area (Å²) >= 11 is 0.